The quantitative estimate of drug-likeness (QED) is 0.605. The molecule has 1 heterocycles. The molecule has 2 aromatic rings. The van der Waals surface area contributed by atoms with Gasteiger partial charge < -0.3 is 10.1 Å². The third kappa shape index (κ3) is 4.65. The number of halogens is 2. The van der Waals surface area contributed by atoms with E-state index in [-0.39, 0.29) is 18.3 Å². The molecule has 0 atom stereocenters. The molecule has 0 unspecified atom stereocenters. The smallest absolute Gasteiger partial charge is 0.341 e. The van der Waals surface area contributed by atoms with E-state index in [1.165, 1.54) is 16.2 Å². The monoisotopic (exact) mass is 425 g/mol. The lowest BCUT2D eigenvalue weighted by Gasteiger charge is -2.12. The van der Waals surface area contributed by atoms with Crippen molar-refractivity contribution in [2.24, 2.45) is 0 Å². The Morgan fingerprint density at radius 3 is 2.59 bits per heavy atom. The number of thiophene rings is 1. The van der Waals surface area contributed by atoms with Crippen LogP contribution in [0.5, 0.6) is 0 Å². The Labute approximate surface area is 172 Å². The molecular weight excluding hydrogens is 405 g/mol. The predicted molar refractivity (Wildman–Crippen MR) is 110 cm³/mol. The Balaban J connectivity index is 1.75. The van der Waals surface area contributed by atoms with Crippen LogP contribution in [-0.4, -0.2) is 18.5 Å². The summed E-state index contributed by atoms with van der Waals surface area (Å²) in [5.74, 6) is -0.531. The number of aryl methyl sites for hydroxylation is 1. The van der Waals surface area contributed by atoms with Gasteiger partial charge in [-0.2, -0.15) is 0 Å². The van der Waals surface area contributed by atoms with Gasteiger partial charge in [-0.1, -0.05) is 29.3 Å². The first-order valence-electron chi connectivity index (χ1n) is 9.05. The lowest BCUT2D eigenvalue weighted by atomic mass is 9.95. The fourth-order valence-electron chi connectivity index (χ4n) is 3.27. The van der Waals surface area contributed by atoms with Gasteiger partial charge in [-0.3, -0.25) is 4.79 Å². The summed E-state index contributed by atoms with van der Waals surface area (Å²) >= 11 is 13.8. The summed E-state index contributed by atoms with van der Waals surface area (Å²) in [7, 11) is 0. The minimum Gasteiger partial charge on any atom is -0.462 e. The van der Waals surface area contributed by atoms with Gasteiger partial charge in [0.2, 0.25) is 5.91 Å². The highest BCUT2D eigenvalue weighted by atomic mass is 35.5. The molecule has 0 saturated carbocycles. The van der Waals surface area contributed by atoms with Gasteiger partial charge in [-0.05, 0) is 62.3 Å². The summed E-state index contributed by atoms with van der Waals surface area (Å²) < 4.78 is 5.22. The van der Waals surface area contributed by atoms with Crippen molar-refractivity contribution in [3.05, 3.63) is 49.8 Å². The second kappa shape index (κ2) is 9.09. The predicted octanol–water partition coefficient (Wildman–Crippen LogP) is 5.68. The summed E-state index contributed by atoms with van der Waals surface area (Å²) in [5.41, 5.74) is 2.32. The van der Waals surface area contributed by atoms with Crippen LogP contribution in [0.3, 0.4) is 0 Å². The number of ether oxygens (including phenoxy) is 1. The molecule has 0 radical (unpaired) electrons. The zero-order valence-corrected chi connectivity index (χ0v) is 17.4. The minimum absolute atomic E-state index is 0.171. The van der Waals surface area contributed by atoms with Crippen molar-refractivity contribution in [1.29, 1.82) is 0 Å². The molecule has 144 valence electrons. The first kappa shape index (κ1) is 20.2. The van der Waals surface area contributed by atoms with E-state index < -0.39 is 0 Å². The molecule has 1 aliphatic carbocycles. The molecule has 1 aliphatic rings. The maximum Gasteiger partial charge on any atom is 0.341 e. The van der Waals surface area contributed by atoms with Gasteiger partial charge in [0, 0.05) is 21.3 Å². The minimum atomic E-state index is -0.360. The SMILES string of the molecule is CCOC(=O)c1c(NC(=O)CCc2c(Cl)cccc2Cl)sc2c1CCCC2. The Morgan fingerprint density at radius 1 is 1.19 bits per heavy atom. The molecule has 27 heavy (non-hydrogen) atoms. The van der Waals surface area contributed by atoms with Crippen molar-refractivity contribution < 1.29 is 14.3 Å². The van der Waals surface area contributed by atoms with E-state index in [9.17, 15) is 9.59 Å². The van der Waals surface area contributed by atoms with Crippen LogP contribution in [0, 0.1) is 0 Å². The van der Waals surface area contributed by atoms with Crippen molar-refractivity contribution in [2.75, 3.05) is 11.9 Å². The Hall–Kier alpha value is -1.56. The Kier molecular flexibility index (Phi) is 6.79. The van der Waals surface area contributed by atoms with E-state index in [0.717, 1.165) is 36.8 Å². The van der Waals surface area contributed by atoms with Crippen molar-refractivity contribution in [2.45, 2.75) is 45.4 Å². The number of rotatable bonds is 6. The van der Waals surface area contributed by atoms with Crippen LogP contribution in [-0.2, 0) is 28.8 Å². The third-order valence-corrected chi connectivity index (χ3v) is 6.48. The first-order chi connectivity index (χ1) is 13.0. The summed E-state index contributed by atoms with van der Waals surface area (Å²) in [6.07, 6.45) is 4.61. The van der Waals surface area contributed by atoms with Gasteiger partial charge >= 0.3 is 5.97 Å². The van der Waals surface area contributed by atoms with Gasteiger partial charge in [0.25, 0.3) is 0 Å². The molecular formula is C20H21Cl2NO3S. The summed E-state index contributed by atoms with van der Waals surface area (Å²) in [4.78, 5) is 26.1. The standard InChI is InChI=1S/C20H21Cl2NO3S/c1-2-26-20(25)18-13-6-3-4-9-16(13)27-19(18)23-17(24)11-10-12-14(21)7-5-8-15(12)22/h5,7-8H,2-4,6,9-11H2,1H3,(H,23,24). The van der Waals surface area contributed by atoms with Crippen molar-refractivity contribution >= 4 is 51.4 Å². The number of carbonyl (C=O) groups is 2. The lowest BCUT2D eigenvalue weighted by molar-refractivity contribution is -0.116. The molecule has 7 heteroatoms. The molecule has 0 fully saturated rings. The fraction of sp³-hybridized carbons (Fsp3) is 0.400. The van der Waals surface area contributed by atoms with E-state index in [4.69, 9.17) is 27.9 Å². The van der Waals surface area contributed by atoms with Gasteiger partial charge in [0.1, 0.15) is 5.00 Å². The number of benzene rings is 1. The van der Waals surface area contributed by atoms with E-state index in [2.05, 4.69) is 5.32 Å². The van der Waals surface area contributed by atoms with Crippen molar-refractivity contribution in [3.63, 3.8) is 0 Å². The number of carbonyl (C=O) groups excluding carboxylic acids is 2. The number of hydrogen-bond donors (Lipinski definition) is 1. The van der Waals surface area contributed by atoms with Gasteiger partial charge in [0.15, 0.2) is 0 Å². The van der Waals surface area contributed by atoms with E-state index in [0.29, 0.717) is 33.6 Å². The number of amides is 1. The van der Waals surface area contributed by atoms with E-state index >= 15 is 0 Å². The first-order valence-corrected chi connectivity index (χ1v) is 10.6. The highest BCUT2D eigenvalue weighted by Gasteiger charge is 2.27. The van der Waals surface area contributed by atoms with Crippen LogP contribution in [0.1, 0.15) is 52.5 Å². The van der Waals surface area contributed by atoms with Gasteiger partial charge in [-0.25, -0.2) is 4.79 Å². The molecule has 0 spiro atoms. The summed E-state index contributed by atoms with van der Waals surface area (Å²) in [5, 5.41) is 4.60. The zero-order valence-electron chi connectivity index (χ0n) is 15.1. The Morgan fingerprint density at radius 2 is 1.89 bits per heavy atom. The Bertz CT molecular complexity index is 843. The molecule has 0 saturated heterocycles. The number of anilines is 1. The third-order valence-electron chi connectivity index (χ3n) is 4.57. The maximum absolute atomic E-state index is 12.5. The number of hydrogen-bond acceptors (Lipinski definition) is 4. The molecule has 1 aromatic carbocycles. The second-order valence-corrected chi connectivity index (χ2v) is 8.30. The van der Waals surface area contributed by atoms with Crippen LogP contribution in [0.25, 0.3) is 0 Å². The molecule has 4 nitrogen and oxygen atoms in total. The highest BCUT2D eigenvalue weighted by molar-refractivity contribution is 7.17. The van der Waals surface area contributed by atoms with E-state index in [1.54, 1.807) is 25.1 Å². The molecule has 3 rings (SSSR count). The van der Waals surface area contributed by atoms with Gasteiger partial charge in [-0.15, -0.1) is 11.3 Å². The molecule has 0 aliphatic heterocycles. The largest absolute Gasteiger partial charge is 0.462 e. The molecule has 0 bridgehead atoms. The molecule has 1 aromatic heterocycles. The molecule has 1 N–H and O–H groups in total. The fourth-order valence-corrected chi connectivity index (χ4v) is 5.15. The number of fused-ring (bicyclic) bond motifs is 1. The topological polar surface area (TPSA) is 55.4 Å². The van der Waals surface area contributed by atoms with Crippen LogP contribution in [0.15, 0.2) is 18.2 Å². The van der Waals surface area contributed by atoms with Crippen molar-refractivity contribution in [3.8, 4) is 0 Å². The van der Waals surface area contributed by atoms with E-state index in [1.807, 2.05) is 0 Å². The van der Waals surface area contributed by atoms with Crippen LogP contribution in [0.4, 0.5) is 5.00 Å². The summed E-state index contributed by atoms with van der Waals surface area (Å²) in [6, 6.07) is 5.29. The average molecular weight is 426 g/mol. The maximum atomic E-state index is 12.5. The lowest BCUT2D eigenvalue weighted by Crippen LogP contribution is -2.16. The zero-order chi connectivity index (χ0) is 19.4. The average Bonchev–Trinajstić information content (AvgIpc) is 2.99. The molecule has 1 amide bonds. The number of esters is 1. The van der Waals surface area contributed by atoms with Crippen LogP contribution >= 0.6 is 34.5 Å². The van der Waals surface area contributed by atoms with Crippen LogP contribution < -0.4 is 5.32 Å². The van der Waals surface area contributed by atoms with Gasteiger partial charge in [0.05, 0.1) is 12.2 Å². The number of nitrogens with one attached hydrogen (secondary N) is 1. The summed E-state index contributed by atoms with van der Waals surface area (Å²) in [6.45, 7) is 2.09. The second-order valence-electron chi connectivity index (χ2n) is 6.38. The normalized spacial score (nSPS) is 13.1. The highest BCUT2D eigenvalue weighted by Crippen LogP contribution is 2.38. The van der Waals surface area contributed by atoms with Crippen molar-refractivity contribution in [1.82, 2.24) is 0 Å². The van der Waals surface area contributed by atoms with Crippen LogP contribution in [0.2, 0.25) is 10.0 Å².